The Morgan fingerprint density at radius 2 is 1.70 bits per heavy atom. The summed E-state index contributed by atoms with van der Waals surface area (Å²) in [7, 11) is 1.71. The van der Waals surface area contributed by atoms with Gasteiger partial charge in [-0.3, -0.25) is 9.59 Å². The molecule has 138 valence electrons. The largest absolute Gasteiger partial charge is 0.450 e. The average Bonchev–Trinajstić information content (AvgIpc) is 2.87. The van der Waals surface area contributed by atoms with E-state index in [9.17, 15) is 9.59 Å². The van der Waals surface area contributed by atoms with Crippen molar-refractivity contribution in [1.82, 2.24) is 4.90 Å². The molecule has 4 nitrogen and oxygen atoms in total. The Labute approximate surface area is 165 Å². The van der Waals surface area contributed by atoms with Crippen LogP contribution in [0.2, 0.25) is 0 Å². The Morgan fingerprint density at radius 1 is 1.04 bits per heavy atom. The lowest BCUT2D eigenvalue weighted by Crippen LogP contribution is -2.25. The molecule has 0 aliphatic carbocycles. The van der Waals surface area contributed by atoms with Gasteiger partial charge in [0.1, 0.15) is 5.58 Å². The summed E-state index contributed by atoms with van der Waals surface area (Å²) in [6, 6.07) is 12.9. The number of nitrogens with zero attached hydrogens (tertiary/aromatic N) is 1. The lowest BCUT2D eigenvalue weighted by Gasteiger charge is -2.23. The first-order valence-corrected chi connectivity index (χ1v) is 9.61. The van der Waals surface area contributed by atoms with E-state index in [2.05, 4.69) is 48.8 Å². The fourth-order valence-electron chi connectivity index (χ4n) is 3.62. The van der Waals surface area contributed by atoms with Gasteiger partial charge < -0.3 is 9.32 Å². The molecule has 0 saturated carbocycles. The molecule has 0 bridgehead atoms. The Kier molecular flexibility index (Phi) is 4.04. The summed E-state index contributed by atoms with van der Waals surface area (Å²) in [5, 5.41) is 0.475. The fourth-order valence-corrected chi connectivity index (χ4v) is 3.98. The second-order valence-electron chi connectivity index (χ2n) is 8.01. The molecule has 2 aromatic carbocycles. The minimum atomic E-state index is -0.443. The van der Waals surface area contributed by atoms with Gasteiger partial charge in [-0.1, -0.05) is 61.0 Å². The molecular formula is C22H20BrNO3. The van der Waals surface area contributed by atoms with E-state index >= 15 is 0 Å². The summed E-state index contributed by atoms with van der Waals surface area (Å²) < 4.78 is 6.64. The number of carbonyl (C=O) groups is 1. The van der Waals surface area contributed by atoms with Crippen molar-refractivity contribution in [3.63, 3.8) is 0 Å². The Morgan fingerprint density at radius 3 is 2.33 bits per heavy atom. The van der Waals surface area contributed by atoms with Gasteiger partial charge in [0, 0.05) is 11.5 Å². The highest BCUT2D eigenvalue weighted by atomic mass is 79.9. The predicted molar refractivity (Wildman–Crippen MR) is 109 cm³/mol. The van der Waals surface area contributed by atoms with Crippen molar-refractivity contribution in [3.05, 3.63) is 79.6 Å². The van der Waals surface area contributed by atoms with Gasteiger partial charge >= 0.3 is 0 Å². The topological polar surface area (TPSA) is 50.5 Å². The summed E-state index contributed by atoms with van der Waals surface area (Å²) in [6.07, 6.45) is 0. The maximum atomic E-state index is 13.2. The highest BCUT2D eigenvalue weighted by Gasteiger charge is 2.40. The molecule has 0 saturated heterocycles. The molecular weight excluding hydrogens is 406 g/mol. The van der Waals surface area contributed by atoms with E-state index in [-0.39, 0.29) is 22.5 Å². The molecule has 1 amide bonds. The van der Waals surface area contributed by atoms with Crippen LogP contribution in [0.3, 0.4) is 0 Å². The second kappa shape index (κ2) is 6.06. The molecule has 1 aliphatic heterocycles. The molecule has 1 aliphatic rings. The van der Waals surface area contributed by atoms with Gasteiger partial charge in [0.05, 0.1) is 17.0 Å². The third-order valence-corrected chi connectivity index (χ3v) is 5.65. The van der Waals surface area contributed by atoms with Crippen molar-refractivity contribution in [2.75, 3.05) is 7.05 Å². The van der Waals surface area contributed by atoms with Crippen molar-refractivity contribution < 1.29 is 9.21 Å². The number of fused-ring (bicyclic) bond motifs is 2. The molecule has 1 aromatic heterocycles. The molecule has 3 aromatic rings. The summed E-state index contributed by atoms with van der Waals surface area (Å²) in [5.41, 5.74) is 2.82. The molecule has 0 fully saturated rings. The molecule has 2 heterocycles. The van der Waals surface area contributed by atoms with E-state index in [0.717, 1.165) is 10.0 Å². The van der Waals surface area contributed by atoms with E-state index in [1.54, 1.807) is 30.1 Å². The number of rotatable bonds is 1. The fraction of sp³-hybridized carbons (Fsp3) is 0.273. The predicted octanol–water partition coefficient (Wildman–Crippen LogP) is 5.03. The molecule has 1 atom stereocenters. The maximum absolute atomic E-state index is 13.2. The van der Waals surface area contributed by atoms with Crippen LogP contribution < -0.4 is 5.43 Å². The normalized spacial score (nSPS) is 16.9. The van der Waals surface area contributed by atoms with Crippen molar-refractivity contribution in [2.45, 2.75) is 32.2 Å². The summed E-state index contributed by atoms with van der Waals surface area (Å²) in [6.45, 7) is 6.46. The van der Waals surface area contributed by atoms with Crippen LogP contribution in [-0.4, -0.2) is 17.9 Å². The minimum absolute atomic E-state index is 0.0370. The van der Waals surface area contributed by atoms with Crippen LogP contribution in [0, 0.1) is 0 Å². The van der Waals surface area contributed by atoms with Gasteiger partial charge in [0.15, 0.2) is 5.43 Å². The Balaban J connectivity index is 1.92. The third kappa shape index (κ3) is 2.81. The first kappa shape index (κ1) is 18.0. The number of carbonyl (C=O) groups excluding carboxylic acids is 1. The standard InChI is InChI=1S/C22H20BrNO3/c1-22(2,3)13-7-5-12(6-8-13)18-17-19(25)15-11-14(23)9-10-16(15)27-20(17)21(26)24(18)4/h5-11,18H,1-4H3. The van der Waals surface area contributed by atoms with Crippen molar-refractivity contribution in [1.29, 1.82) is 0 Å². The van der Waals surface area contributed by atoms with Gasteiger partial charge in [0.25, 0.3) is 5.91 Å². The SMILES string of the molecule is CN1C(=O)c2oc3ccc(Br)cc3c(=O)c2C1c1ccc(C(C)(C)C)cc1. The molecule has 0 spiro atoms. The Hall–Kier alpha value is -2.40. The van der Waals surface area contributed by atoms with Gasteiger partial charge in [-0.2, -0.15) is 0 Å². The van der Waals surface area contributed by atoms with Crippen molar-refractivity contribution in [2.24, 2.45) is 0 Å². The number of halogens is 1. The van der Waals surface area contributed by atoms with E-state index < -0.39 is 6.04 Å². The Bertz CT molecular complexity index is 1120. The second-order valence-corrected chi connectivity index (χ2v) is 8.92. The lowest BCUT2D eigenvalue weighted by atomic mass is 9.86. The van der Waals surface area contributed by atoms with Crippen molar-refractivity contribution >= 4 is 32.8 Å². The zero-order chi connectivity index (χ0) is 19.5. The van der Waals surface area contributed by atoms with E-state index in [0.29, 0.717) is 16.5 Å². The average molecular weight is 426 g/mol. The molecule has 0 N–H and O–H groups in total. The van der Waals surface area contributed by atoms with E-state index in [1.807, 2.05) is 12.1 Å². The molecule has 0 radical (unpaired) electrons. The third-order valence-electron chi connectivity index (χ3n) is 5.16. The number of amides is 1. The van der Waals surface area contributed by atoms with Gasteiger partial charge in [-0.25, -0.2) is 0 Å². The van der Waals surface area contributed by atoms with Gasteiger partial charge in [-0.15, -0.1) is 0 Å². The molecule has 27 heavy (non-hydrogen) atoms. The summed E-state index contributed by atoms with van der Waals surface area (Å²) in [4.78, 5) is 27.5. The molecule has 4 rings (SSSR count). The zero-order valence-electron chi connectivity index (χ0n) is 15.7. The maximum Gasteiger partial charge on any atom is 0.290 e. The van der Waals surface area contributed by atoms with Crippen LogP contribution in [0.15, 0.2) is 56.1 Å². The van der Waals surface area contributed by atoms with E-state index in [1.165, 1.54) is 5.56 Å². The van der Waals surface area contributed by atoms with Gasteiger partial charge in [-0.05, 0) is 34.7 Å². The summed E-state index contributed by atoms with van der Waals surface area (Å²) >= 11 is 3.40. The smallest absolute Gasteiger partial charge is 0.290 e. The minimum Gasteiger partial charge on any atom is -0.450 e. The van der Waals surface area contributed by atoms with Crippen LogP contribution in [0.1, 0.15) is 54.1 Å². The number of hydrogen-bond acceptors (Lipinski definition) is 3. The molecule has 5 heteroatoms. The van der Waals surface area contributed by atoms with Crippen LogP contribution in [0.4, 0.5) is 0 Å². The first-order valence-electron chi connectivity index (χ1n) is 8.82. The highest BCUT2D eigenvalue weighted by molar-refractivity contribution is 9.10. The van der Waals surface area contributed by atoms with Crippen molar-refractivity contribution in [3.8, 4) is 0 Å². The number of benzene rings is 2. The number of hydrogen-bond donors (Lipinski definition) is 0. The van der Waals surface area contributed by atoms with Crippen LogP contribution >= 0.6 is 15.9 Å². The van der Waals surface area contributed by atoms with Gasteiger partial charge in [0.2, 0.25) is 5.76 Å². The highest BCUT2D eigenvalue weighted by Crippen LogP contribution is 2.37. The monoisotopic (exact) mass is 425 g/mol. The summed E-state index contributed by atoms with van der Waals surface area (Å²) in [5.74, 6) is -0.126. The van der Waals surface area contributed by atoms with E-state index in [4.69, 9.17) is 4.42 Å². The first-order chi connectivity index (χ1) is 12.7. The quantitative estimate of drug-likeness (QED) is 0.549. The molecule has 1 unspecified atom stereocenters. The van der Waals surface area contributed by atoms with Crippen LogP contribution in [0.25, 0.3) is 11.0 Å². The zero-order valence-corrected chi connectivity index (χ0v) is 17.3. The lowest BCUT2D eigenvalue weighted by molar-refractivity contribution is 0.0771. The van der Waals surface area contributed by atoms with Crippen LogP contribution in [-0.2, 0) is 5.41 Å². The van der Waals surface area contributed by atoms with Crippen LogP contribution in [0.5, 0.6) is 0 Å².